The molecule has 0 amide bonds. The van der Waals surface area contributed by atoms with Crippen molar-refractivity contribution in [3.05, 3.63) is 0 Å². The van der Waals surface area contributed by atoms with Gasteiger partial charge in [-0.1, -0.05) is 13.3 Å². The van der Waals surface area contributed by atoms with Crippen LogP contribution in [0.1, 0.15) is 39.0 Å². The van der Waals surface area contributed by atoms with Gasteiger partial charge in [0, 0.05) is 19.8 Å². The van der Waals surface area contributed by atoms with Gasteiger partial charge < -0.3 is 14.8 Å². The zero-order valence-corrected chi connectivity index (χ0v) is 10.8. The molecule has 0 saturated heterocycles. The predicted octanol–water partition coefficient (Wildman–Crippen LogP) is 2.21. The Bertz CT molecular complexity index is 164. The molecule has 0 heterocycles. The lowest BCUT2D eigenvalue weighted by molar-refractivity contribution is 0.0687. The molecule has 1 N–H and O–H groups in total. The fourth-order valence-electron chi connectivity index (χ4n) is 2.31. The Labute approximate surface area is 99.9 Å². The van der Waals surface area contributed by atoms with Gasteiger partial charge in [0.25, 0.3) is 0 Å². The molecule has 0 aromatic carbocycles. The average molecular weight is 229 g/mol. The van der Waals surface area contributed by atoms with Crippen LogP contribution in [0, 0.1) is 5.92 Å². The molecule has 96 valence electrons. The lowest BCUT2D eigenvalue weighted by Crippen LogP contribution is -2.31. The van der Waals surface area contributed by atoms with Gasteiger partial charge in [0.15, 0.2) is 0 Å². The summed E-state index contributed by atoms with van der Waals surface area (Å²) in [6.45, 7) is 5.80. The fourth-order valence-corrected chi connectivity index (χ4v) is 2.31. The molecule has 0 aromatic heterocycles. The molecule has 1 aliphatic rings. The van der Waals surface area contributed by atoms with E-state index in [1.807, 2.05) is 0 Å². The molecule has 1 saturated carbocycles. The minimum Gasteiger partial charge on any atom is -0.382 e. The number of rotatable bonds is 9. The van der Waals surface area contributed by atoms with Crippen LogP contribution in [-0.2, 0) is 9.47 Å². The molecule has 0 bridgehead atoms. The summed E-state index contributed by atoms with van der Waals surface area (Å²) in [6.07, 6.45) is 6.54. The van der Waals surface area contributed by atoms with Crippen LogP contribution in [0.5, 0.6) is 0 Å². The molecule has 0 radical (unpaired) electrons. The van der Waals surface area contributed by atoms with E-state index in [2.05, 4.69) is 12.2 Å². The molecule has 2 unspecified atom stereocenters. The van der Waals surface area contributed by atoms with Crippen LogP contribution in [0.4, 0.5) is 0 Å². The minimum absolute atomic E-state index is 0.706. The van der Waals surface area contributed by atoms with Crippen molar-refractivity contribution in [3.8, 4) is 0 Å². The van der Waals surface area contributed by atoms with Gasteiger partial charge in [-0.05, 0) is 38.1 Å². The van der Waals surface area contributed by atoms with Gasteiger partial charge in [0.2, 0.25) is 0 Å². The van der Waals surface area contributed by atoms with Gasteiger partial charge in [-0.3, -0.25) is 0 Å². The summed E-state index contributed by atoms with van der Waals surface area (Å²) in [5, 5.41) is 3.65. The summed E-state index contributed by atoms with van der Waals surface area (Å²) in [4.78, 5) is 0. The molecule has 3 nitrogen and oxygen atoms in total. The van der Waals surface area contributed by atoms with Crippen molar-refractivity contribution >= 4 is 0 Å². The van der Waals surface area contributed by atoms with E-state index >= 15 is 0 Å². The van der Waals surface area contributed by atoms with Gasteiger partial charge in [-0.2, -0.15) is 0 Å². The van der Waals surface area contributed by atoms with Crippen LogP contribution >= 0.6 is 0 Å². The normalized spacial score (nSPS) is 25.1. The second kappa shape index (κ2) is 8.97. The van der Waals surface area contributed by atoms with E-state index in [4.69, 9.17) is 9.47 Å². The highest BCUT2D eigenvalue weighted by Crippen LogP contribution is 2.24. The van der Waals surface area contributed by atoms with Crippen LogP contribution in [0.3, 0.4) is 0 Å². The van der Waals surface area contributed by atoms with Gasteiger partial charge in [-0.25, -0.2) is 0 Å². The largest absolute Gasteiger partial charge is 0.382 e. The average Bonchev–Trinajstić information content (AvgIpc) is 2.68. The molecular formula is C13H27NO2. The van der Waals surface area contributed by atoms with Crippen molar-refractivity contribution < 1.29 is 9.47 Å². The van der Waals surface area contributed by atoms with E-state index in [1.165, 1.54) is 25.7 Å². The summed E-state index contributed by atoms with van der Waals surface area (Å²) in [6, 6.07) is 0.773. The van der Waals surface area contributed by atoms with E-state index in [0.717, 1.165) is 38.1 Å². The molecule has 0 aromatic rings. The Hall–Kier alpha value is -0.120. The van der Waals surface area contributed by atoms with Crippen LogP contribution in [0.15, 0.2) is 0 Å². The van der Waals surface area contributed by atoms with Gasteiger partial charge in [0.1, 0.15) is 0 Å². The Kier molecular flexibility index (Phi) is 7.81. The summed E-state index contributed by atoms with van der Waals surface area (Å²) >= 11 is 0. The zero-order chi connectivity index (χ0) is 11.6. The zero-order valence-electron chi connectivity index (χ0n) is 10.8. The molecule has 1 fully saturated rings. The monoisotopic (exact) mass is 229 g/mol. The van der Waals surface area contributed by atoms with Crippen molar-refractivity contribution in [1.82, 2.24) is 5.32 Å². The Morgan fingerprint density at radius 3 is 2.69 bits per heavy atom. The molecule has 2 atom stereocenters. The summed E-state index contributed by atoms with van der Waals surface area (Å²) in [5.74, 6) is 0.873. The van der Waals surface area contributed by atoms with Crippen LogP contribution < -0.4 is 5.32 Å². The van der Waals surface area contributed by atoms with Gasteiger partial charge in [-0.15, -0.1) is 0 Å². The molecule has 1 rings (SSSR count). The predicted molar refractivity (Wildman–Crippen MR) is 66.7 cm³/mol. The summed E-state index contributed by atoms with van der Waals surface area (Å²) in [5.41, 5.74) is 0. The van der Waals surface area contributed by atoms with Crippen molar-refractivity contribution in [1.29, 1.82) is 0 Å². The first-order chi connectivity index (χ1) is 7.84. The number of hydrogen-bond donors (Lipinski definition) is 1. The maximum absolute atomic E-state index is 5.41. The molecular weight excluding hydrogens is 202 g/mol. The van der Waals surface area contributed by atoms with Crippen LogP contribution in [0.2, 0.25) is 0 Å². The molecule has 16 heavy (non-hydrogen) atoms. The maximum Gasteiger partial charge on any atom is 0.0700 e. The maximum atomic E-state index is 5.41. The lowest BCUT2D eigenvalue weighted by Gasteiger charge is -2.16. The van der Waals surface area contributed by atoms with E-state index in [9.17, 15) is 0 Å². The first kappa shape index (κ1) is 13.9. The molecule has 0 spiro atoms. The van der Waals surface area contributed by atoms with Gasteiger partial charge >= 0.3 is 0 Å². The highest BCUT2D eigenvalue weighted by molar-refractivity contribution is 4.79. The van der Waals surface area contributed by atoms with E-state index in [0.29, 0.717) is 6.61 Å². The second-order valence-corrected chi connectivity index (χ2v) is 4.78. The number of nitrogens with one attached hydrogen (secondary N) is 1. The highest BCUT2D eigenvalue weighted by atomic mass is 16.5. The van der Waals surface area contributed by atoms with Crippen molar-refractivity contribution in [2.24, 2.45) is 5.92 Å². The Morgan fingerprint density at radius 2 is 2.00 bits per heavy atom. The van der Waals surface area contributed by atoms with Crippen LogP contribution in [0.25, 0.3) is 0 Å². The summed E-state index contributed by atoms with van der Waals surface area (Å²) in [7, 11) is 1.70. The molecule has 0 aliphatic heterocycles. The van der Waals surface area contributed by atoms with Crippen LogP contribution in [-0.4, -0.2) is 39.5 Å². The quantitative estimate of drug-likeness (QED) is 0.615. The van der Waals surface area contributed by atoms with Gasteiger partial charge in [0.05, 0.1) is 13.2 Å². The first-order valence-corrected chi connectivity index (χ1v) is 6.64. The smallest absolute Gasteiger partial charge is 0.0700 e. The first-order valence-electron chi connectivity index (χ1n) is 6.64. The lowest BCUT2D eigenvalue weighted by atomic mass is 10.1. The number of unbranched alkanes of at least 4 members (excludes halogenated alkanes) is 1. The summed E-state index contributed by atoms with van der Waals surface area (Å²) < 4.78 is 10.3. The third-order valence-electron chi connectivity index (χ3n) is 3.42. The van der Waals surface area contributed by atoms with E-state index in [-0.39, 0.29) is 0 Å². The Morgan fingerprint density at radius 1 is 1.12 bits per heavy atom. The SMILES string of the molecule is COCCOCCCCNC1CCCC1C. The third-order valence-corrected chi connectivity index (χ3v) is 3.42. The third kappa shape index (κ3) is 5.83. The van der Waals surface area contributed by atoms with Crippen molar-refractivity contribution in [2.45, 2.75) is 45.1 Å². The number of ether oxygens (including phenoxy) is 2. The molecule has 3 heteroatoms. The highest BCUT2D eigenvalue weighted by Gasteiger charge is 2.21. The fraction of sp³-hybridized carbons (Fsp3) is 1.00. The Balaban J connectivity index is 1.81. The number of methoxy groups -OCH3 is 1. The van der Waals surface area contributed by atoms with E-state index < -0.39 is 0 Å². The van der Waals surface area contributed by atoms with Crippen molar-refractivity contribution in [2.75, 3.05) is 33.5 Å². The second-order valence-electron chi connectivity index (χ2n) is 4.78. The minimum atomic E-state index is 0.706. The van der Waals surface area contributed by atoms with Crippen molar-refractivity contribution in [3.63, 3.8) is 0 Å². The van der Waals surface area contributed by atoms with E-state index in [1.54, 1.807) is 7.11 Å². The standard InChI is InChI=1S/C13H27NO2/c1-12-6-5-7-13(12)14-8-3-4-9-16-11-10-15-2/h12-14H,3-11H2,1-2H3. The molecule has 1 aliphatic carbocycles. The number of hydrogen-bond acceptors (Lipinski definition) is 3. The topological polar surface area (TPSA) is 30.5 Å².